The van der Waals surface area contributed by atoms with E-state index < -0.39 is 29.5 Å². The van der Waals surface area contributed by atoms with Crippen molar-refractivity contribution >= 4 is 6.09 Å². The Hall–Kier alpha value is -2.70. The van der Waals surface area contributed by atoms with Gasteiger partial charge >= 0.3 is 12.3 Å². The molecule has 0 aromatic heterocycles. The van der Waals surface area contributed by atoms with Crippen molar-refractivity contribution in [2.75, 3.05) is 13.2 Å². The van der Waals surface area contributed by atoms with E-state index in [-0.39, 0.29) is 18.5 Å². The Morgan fingerprint density at radius 3 is 2.42 bits per heavy atom. The molecule has 1 atom stereocenters. The first-order valence-corrected chi connectivity index (χ1v) is 10.4. The molecule has 3 rings (SSSR count). The molecule has 1 amide bonds. The monoisotopic (exact) mass is 435 g/mol. The van der Waals surface area contributed by atoms with Gasteiger partial charge in [0.25, 0.3) is 0 Å². The third-order valence-electron chi connectivity index (χ3n) is 5.12. The molecule has 0 N–H and O–H groups in total. The molecule has 7 heteroatoms. The summed E-state index contributed by atoms with van der Waals surface area (Å²) in [5.41, 5.74) is -0.513. The number of alkyl halides is 3. The van der Waals surface area contributed by atoms with Crippen LogP contribution in [0.25, 0.3) is 0 Å². The minimum absolute atomic E-state index is 0.140. The van der Waals surface area contributed by atoms with Crippen LogP contribution < -0.4 is 4.74 Å². The fourth-order valence-corrected chi connectivity index (χ4v) is 3.85. The van der Waals surface area contributed by atoms with E-state index in [1.807, 2.05) is 30.3 Å². The summed E-state index contributed by atoms with van der Waals surface area (Å²) in [7, 11) is 0. The molecule has 0 spiro atoms. The third-order valence-corrected chi connectivity index (χ3v) is 5.12. The molecule has 1 unspecified atom stereocenters. The van der Waals surface area contributed by atoms with Gasteiger partial charge in [-0.05, 0) is 69.4 Å². The van der Waals surface area contributed by atoms with Crippen molar-refractivity contribution < 1.29 is 27.4 Å². The third kappa shape index (κ3) is 5.93. The fourth-order valence-electron chi connectivity index (χ4n) is 3.85. The van der Waals surface area contributed by atoms with Crippen LogP contribution in [-0.2, 0) is 17.3 Å². The first-order valence-electron chi connectivity index (χ1n) is 10.4. The van der Waals surface area contributed by atoms with Gasteiger partial charge < -0.3 is 14.4 Å². The molecule has 1 heterocycles. The summed E-state index contributed by atoms with van der Waals surface area (Å²) in [6.07, 6.45) is -3.75. The van der Waals surface area contributed by atoms with Gasteiger partial charge in [0, 0.05) is 6.54 Å². The number of halogens is 3. The van der Waals surface area contributed by atoms with E-state index in [2.05, 4.69) is 0 Å². The topological polar surface area (TPSA) is 38.8 Å². The van der Waals surface area contributed by atoms with E-state index in [1.165, 1.54) is 6.07 Å². The number of ether oxygens (including phenoxy) is 2. The van der Waals surface area contributed by atoms with Crippen LogP contribution in [0, 0.1) is 0 Å². The zero-order chi connectivity index (χ0) is 22.6. The Kier molecular flexibility index (Phi) is 6.82. The summed E-state index contributed by atoms with van der Waals surface area (Å²) < 4.78 is 51.9. The summed E-state index contributed by atoms with van der Waals surface area (Å²) >= 11 is 0. The highest BCUT2D eigenvalue weighted by Crippen LogP contribution is 2.41. The smallest absolute Gasteiger partial charge is 0.416 e. The molecular weight excluding hydrogens is 407 g/mol. The Morgan fingerprint density at radius 2 is 1.77 bits per heavy atom. The zero-order valence-corrected chi connectivity index (χ0v) is 18.0. The fraction of sp³-hybridized carbons (Fsp3) is 0.458. The van der Waals surface area contributed by atoms with Crippen LogP contribution in [0.2, 0.25) is 0 Å². The molecule has 4 nitrogen and oxygen atoms in total. The number of fused-ring (bicyclic) bond motifs is 1. The van der Waals surface area contributed by atoms with E-state index in [0.29, 0.717) is 25.0 Å². The van der Waals surface area contributed by atoms with E-state index in [0.717, 1.165) is 11.8 Å². The molecule has 168 valence electrons. The van der Waals surface area contributed by atoms with Crippen LogP contribution in [-0.4, -0.2) is 29.7 Å². The van der Waals surface area contributed by atoms with E-state index in [1.54, 1.807) is 31.7 Å². The number of carbonyl (C=O) groups excluding carboxylic acids is 1. The average molecular weight is 435 g/mol. The van der Waals surface area contributed by atoms with Gasteiger partial charge in [-0.25, -0.2) is 4.79 Å². The number of carbonyl (C=O) groups is 1. The van der Waals surface area contributed by atoms with E-state index >= 15 is 0 Å². The van der Waals surface area contributed by atoms with E-state index in [9.17, 15) is 18.0 Å². The predicted molar refractivity (Wildman–Crippen MR) is 112 cm³/mol. The molecule has 1 aliphatic heterocycles. The molecule has 0 radical (unpaired) electrons. The lowest BCUT2D eigenvalue weighted by Crippen LogP contribution is -2.43. The van der Waals surface area contributed by atoms with Crippen molar-refractivity contribution in [3.63, 3.8) is 0 Å². The standard InChI is InChI=1S/C24H28F3NO3/c1-23(2,3)31-22(29)28-15-14-18-19(11-7-12-20(18)24(25,26)27)21(28)13-8-16-30-17-9-5-4-6-10-17/h4-7,9-12,21H,8,13-16H2,1-3H3. The summed E-state index contributed by atoms with van der Waals surface area (Å²) in [5.74, 6) is 0.731. The summed E-state index contributed by atoms with van der Waals surface area (Å²) in [6.45, 7) is 5.89. The predicted octanol–water partition coefficient (Wildman–Crippen LogP) is 6.40. The lowest BCUT2D eigenvalue weighted by molar-refractivity contribution is -0.138. The first-order chi connectivity index (χ1) is 14.6. The van der Waals surface area contributed by atoms with Crippen molar-refractivity contribution in [3.05, 3.63) is 65.2 Å². The number of para-hydroxylation sites is 1. The maximum atomic E-state index is 13.6. The van der Waals surface area contributed by atoms with E-state index in [4.69, 9.17) is 9.47 Å². The number of amides is 1. The number of benzene rings is 2. The Balaban J connectivity index is 1.81. The number of hydrogen-bond acceptors (Lipinski definition) is 3. The first kappa shape index (κ1) is 23.0. The second kappa shape index (κ2) is 9.20. The normalized spacial score (nSPS) is 16.6. The maximum Gasteiger partial charge on any atom is 0.416 e. The molecule has 2 aromatic carbocycles. The molecular formula is C24H28F3NO3. The van der Waals surface area contributed by atoms with Gasteiger partial charge in [0.15, 0.2) is 0 Å². The summed E-state index contributed by atoms with van der Waals surface area (Å²) in [5, 5.41) is 0. The van der Waals surface area contributed by atoms with Crippen LogP contribution in [0.15, 0.2) is 48.5 Å². The second-order valence-electron chi connectivity index (χ2n) is 8.61. The summed E-state index contributed by atoms with van der Waals surface area (Å²) in [4.78, 5) is 14.4. The second-order valence-corrected chi connectivity index (χ2v) is 8.61. The molecule has 0 saturated heterocycles. The van der Waals surface area contributed by atoms with Crippen LogP contribution in [0.1, 0.15) is 56.3 Å². The number of rotatable bonds is 5. The van der Waals surface area contributed by atoms with Crippen molar-refractivity contribution in [2.45, 2.75) is 57.9 Å². The lowest BCUT2D eigenvalue weighted by Gasteiger charge is -2.39. The van der Waals surface area contributed by atoms with Gasteiger partial charge in [-0.3, -0.25) is 0 Å². The molecule has 0 fully saturated rings. The van der Waals surface area contributed by atoms with Crippen molar-refractivity contribution in [2.24, 2.45) is 0 Å². The highest BCUT2D eigenvalue weighted by molar-refractivity contribution is 5.69. The maximum absolute atomic E-state index is 13.6. The number of hydrogen-bond donors (Lipinski definition) is 0. The van der Waals surface area contributed by atoms with Crippen molar-refractivity contribution in [1.29, 1.82) is 0 Å². The van der Waals surface area contributed by atoms with Crippen LogP contribution in [0.5, 0.6) is 5.75 Å². The largest absolute Gasteiger partial charge is 0.494 e. The Bertz CT molecular complexity index is 891. The van der Waals surface area contributed by atoms with Gasteiger partial charge in [-0.1, -0.05) is 30.3 Å². The van der Waals surface area contributed by atoms with Gasteiger partial charge in [0.2, 0.25) is 0 Å². The molecule has 2 aromatic rings. The van der Waals surface area contributed by atoms with Gasteiger partial charge in [0.05, 0.1) is 18.2 Å². The minimum Gasteiger partial charge on any atom is -0.494 e. The van der Waals surface area contributed by atoms with Crippen LogP contribution in [0.3, 0.4) is 0 Å². The zero-order valence-electron chi connectivity index (χ0n) is 18.0. The Labute approximate surface area is 181 Å². The molecule has 0 saturated carbocycles. The molecule has 0 aliphatic carbocycles. The van der Waals surface area contributed by atoms with Gasteiger partial charge in [0.1, 0.15) is 11.4 Å². The molecule has 31 heavy (non-hydrogen) atoms. The number of nitrogens with zero attached hydrogens (tertiary/aromatic N) is 1. The quantitative estimate of drug-likeness (QED) is 0.510. The van der Waals surface area contributed by atoms with Gasteiger partial charge in [-0.2, -0.15) is 13.2 Å². The molecule has 1 aliphatic rings. The minimum atomic E-state index is -4.43. The van der Waals surface area contributed by atoms with Crippen molar-refractivity contribution in [1.82, 2.24) is 4.90 Å². The average Bonchev–Trinajstić information content (AvgIpc) is 2.69. The van der Waals surface area contributed by atoms with Crippen molar-refractivity contribution in [3.8, 4) is 5.75 Å². The summed E-state index contributed by atoms with van der Waals surface area (Å²) in [6, 6.07) is 13.0. The highest BCUT2D eigenvalue weighted by atomic mass is 19.4. The Morgan fingerprint density at radius 1 is 1.06 bits per heavy atom. The van der Waals surface area contributed by atoms with Crippen LogP contribution >= 0.6 is 0 Å². The lowest BCUT2D eigenvalue weighted by atomic mass is 9.87. The SMILES string of the molecule is CC(C)(C)OC(=O)N1CCc2c(cccc2C(F)(F)F)C1CCCOc1ccccc1. The van der Waals surface area contributed by atoms with Gasteiger partial charge in [-0.15, -0.1) is 0 Å². The molecule has 0 bridgehead atoms. The highest BCUT2D eigenvalue weighted by Gasteiger charge is 2.39. The van der Waals surface area contributed by atoms with Crippen LogP contribution in [0.4, 0.5) is 18.0 Å².